The molecule has 0 spiro atoms. The van der Waals surface area contributed by atoms with Crippen LogP contribution in [-0.4, -0.2) is 55.7 Å². The number of nitrogens with zero attached hydrogens (tertiary/aromatic N) is 3. The highest BCUT2D eigenvalue weighted by Crippen LogP contribution is 2.24. The summed E-state index contributed by atoms with van der Waals surface area (Å²) in [6.07, 6.45) is 0.218. The topological polar surface area (TPSA) is 128 Å². The van der Waals surface area contributed by atoms with Crippen LogP contribution in [0.4, 0.5) is 10.5 Å². The van der Waals surface area contributed by atoms with E-state index < -0.39 is 23.8 Å². The van der Waals surface area contributed by atoms with Crippen LogP contribution in [0.1, 0.15) is 33.6 Å². The first-order valence-corrected chi connectivity index (χ1v) is 9.49. The predicted octanol–water partition coefficient (Wildman–Crippen LogP) is 1.31. The number of carbonyl (C=O) groups excluding carboxylic acids is 2. The zero-order valence-electron chi connectivity index (χ0n) is 16.8. The van der Waals surface area contributed by atoms with Crippen LogP contribution in [-0.2, 0) is 16.1 Å². The number of aliphatic hydroxyl groups excluding tert-OH is 1. The standard InChI is InChI=1S/C20H26N4O5/c1-20(2,3)29-19(28)24-7-6-17(26)16(24)9-13(25)10-23-11-22-15-5-4-12(21)8-14(15)18(23)27/h4-5,8,11,16-17,26H,6-7,9-10,21H2,1-3H3/t16-,17+/m1/s1. The number of carbonyl (C=O) groups is 2. The summed E-state index contributed by atoms with van der Waals surface area (Å²) in [6, 6.07) is 4.14. The second-order valence-corrected chi connectivity index (χ2v) is 8.29. The average Bonchev–Trinajstić information content (AvgIpc) is 2.97. The van der Waals surface area contributed by atoms with Crippen molar-refractivity contribution in [2.75, 3.05) is 12.3 Å². The monoisotopic (exact) mass is 402 g/mol. The SMILES string of the molecule is CC(C)(C)OC(=O)N1CC[C@H](O)[C@H]1CC(=O)Cn1cnc2ccc(N)cc2c1=O. The maximum absolute atomic E-state index is 12.6. The van der Waals surface area contributed by atoms with Gasteiger partial charge in [-0.05, 0) is 45.4 Å². The van der Waals surface area contributed by atoms with Crippen molar-refractivity contribution in [3.8, 4) is 0 Å². The summed E-state index contributed by atoms with van der Waals surface area (Å²) in [7, 11) is 0. The lowest BCUT2D eigenvalue weighted by molar-refractivity contribution is -0.121. The lowest BCUT2D eigenvalue weighted by atomic mass is 10.1. The van der Waals surface area contributed by atoms with Gasteiger partial charge in [0.05, 0.1) is 35.9 Å². The van der Waals surface area contributed by atoms with Gasteiger partial charge in [0.1, 0.15) is 5.60 Å². The maximum atomic E-state index is 12.6. The molecule has 2 atom stereocenters. The fraction of sp³-hybridized carbons (Fsp3) is 0.500. The first-order valence-electron chi connectivity index (χ1n) is 9.49. The van der Waals surface area contributed by atoms with Gasteiger partial charge in [0, 0.05) is 18.7 Å². The number of fused-ring (bicyclic) bond motifs is 1. The van der Waals surface area contributed by atoms with Gasteiger partial charge >= 0.3 is 6.09 Å². The number of anilines is 1. The van der Waals surface area contributed by atoms with Crippen LogP contribution in [0.15, 0.2) is 29.3 Å². The number of benzene rings is 1. The molecule has 1 aromatic heterocycles. The lowest BCUT2D eigenvalue weighted by Gasteiger charge is -2.29. The van der Waals surface area contributed by atoms with E-state index in [4.69, 9.17) is 10.5 Å². The summed E-state index contributed by atoms with van der Waals surface area (Å²) in [6.45, 7) is 5.36. The summed E-state index contributed by atoms with van der Waals surface area (Å²) >= 11 is 0. The first kappa shape index (κ1) is 20.8. The van der Waals surface area contributed by atoms with Crippen molar-refractivity contribution in [2.24, 2.45) is 0 Å². The molecular weight excluding hydrogens is 376 g/mol. The van der Waals surface area contributed by atoms with Gasteiger partial charge in [-0.25, -0.2) is 9.78 Å². The number of amides is 1. The molecular formula is C20H26N4O5. The van der Waals surface area contributed by atoms with Gasteiger partial charge in [-0.2, -0.15) is 0 Å². The second kappa shape index (κ2) is 7.82. The quantitative estimate of drug-likeness (QED) is 0.738. The van der Waals surface area contributed by atoms with Crippen LogP contribution in [0.5, 0.6) is 0 Å². The summed E-state index contributed by atoms with van der Waals surface area (Å²) < 4.78 is 6.58. The number of hydrogen-bond acceptors (Lipinski definition) is 7. The van der Waals surface area contributed by atoms with Crippen molar-refractivity contribution in [3.63, 3.8) is 0 Å². The number of ether oxygens (including phenoxy) is 1. The number of likely N-dealkylation sites (tertiary alicyclic amines) is 1. The van der Waals surface area contributed by atoms with Crippen molar-refractivity contribution in [2.45, 2.75) is 57.9 Å². The van der Waals surface area contributed by atoms with Gasteiger partial charge in [-0.1, -0.05) is 0 Å². The van der Waals surface area contributed by atoms with E-state index in [9.17, 15) is 19.5 Å². The molecule has 29 heavy (non-hydrogen) atoms. The minimum Gasteiger partial charge on any atom is -0.444 e. The van der Waals surface area contributed by atoms with Crippen LogP contribution in [0.25, 0.3) is 10.9 Å². The van der Waals surface area contributed by atoms with Crippen molar-refractivity contribution >= 4 is 28.5 Å². The molecule has 1 saturated heterocycles. The molecule has 2 heterocycles. The highest BCUT2D eigenvalue weighted by atomic mass is 16.6. The zero-order valence-corrected chi connectivity index (χ0v) is 16.8. The highest BCUT2D eigenvalue weighted by molar-refractivity contribution is 5.82. The van der Waals surface area contributed by atoms with Crippen molar-refractivity contribution in [1.82, 2.24) is 14.5 Å². The minimum atomic E-state index is -0.822. The van der Waals surface area contributed by atoms with Gasteiger partial charge in [0.2, 0.25) is 0 Å². The fourth-order valence-electron chi connectivity index (χ4n) is 3.41. The smallest absolute Gasteiger partial charge is 0.410 e. The molecule has 0 radical (unpaired) electrons. The molecule has 0 bridgehead atoms. The first-order chi connectivity index (χ1) is 13.5. The van der Waals surface area contributed by atoms with E-state index in [2.05, 4.69) is 4.98 Å². The van der Waals surface area contributed by atoms with E-state index in [1.807, 2.05) is 0 Å². The van der Waals surface area contributed by atoms with E-state index in [1.165, 1.54) is 21.9 Å². The van der Waals surface area contributed by atoms with Gasteiger partial charge < -0.3 is 20.5 Å². The average molecular weight is 402 g/mol. The molecule has 1 aliphatic heterocycles. The number of ketones is 1. The molecule has 0 aliphatic carbocycles. The normalized spacial score (nSPS) is 19.5. The molecule has 0 saturated carbocycles. The van der Waals surface area contributed by atoms with Crippen LogP contribution < -0.4 is 11.3 Å². The maximum Gasteiger partial charge on any atom is 0.410 e. The lowest BCUT2D eigenvalue weighted by Crippen LogP contribution is -2.44. The number of aromatic nitrogens is 2. The Morgan fingerprint density at radius 2 is 2.07 bits per heavy atom. The largest absolute Gasteiger partial charge is 0.444 e. The van der Waals surface area contributed by atoms with E-state index in [1.54, 1.807) is 32.9 Å². The highest BCUT2D eigenvalue weighted by Gasteiger charge is 2.39. The Morgan fingerprint density at radius 3 is 2.76 bits per heavy atom. The summed E-state index contributed by atoms with van der Waals surface area (Å²) in [5.74, 6) is -0.295. The Bertz CT molecular complexity index is 995. The number of rotatable bonds is 4. The molecule has 9 heteroatoms. The molecule has 1 aromatic carbocycles. The van der Waals surface area contributed by atoms with Crippen LogP contribution >= 0.6 is 0 Å². The number of nitrogens with two attached hydrogens (primary N) is 1. The molecule has 3 N–H and O–H groups in total. The van der Waals surface area contributed by atoms with E-state index in [0.717, 1.165) is 0 Å². The summed E-state index contributed by atoms with van der Waals surface area (Å²) in [5, 5.41) is 10.6. The Morgan fingerprint density at radius 1 is 1.34 bits per heavy atom. The zero-order chi connectivity index (χ0) is 21.3. The molecule has 156 valence electrons. The minimum absolute atomic E-state index is 0.0815. The molecule has 0 unspecified atom stereocenters. The van der Waals surface area contributed by atoms with Gasteiger partial charge in [-0.15, -0.1) is 0 Å². The fourth-order valence-corrected chi connectivity index (χ4v) is 3.41. The molecule has 1 aliphatic rings. The van der Waals surface area contributed by atoms with E-state index in [0.29, 0.717) is 29.6 Å². The number of nitrogen functional groups attached to an aromatic ring is 1. The Balaban J connectivity index is 1.74. The predicted molar refractivity (Wildman–Crippen MR) is 107 cm³/mol. The Hall–Kier alpha value is -2.94. The third kappa shape index (κ3) is 4.73. The van der Waals surface area contributed by atoms with Gasteiger partial charge in [0.15, 0.2) is 5.78 Å². The molecule has 9 nitrogen and oxygen atoms in total. The van der Waals surface area contributed by atoms with E-state index >= 15 is 0 Å². The van der Waals surface area contributed by atoms with Crippen molar-refractivity contribution in [1.29, 1.82) is 0 Å². The molecule has 1 fully saturated rings. The second-order valence-electron chi connectivity index (χ2n) is 8.29. The molecule has 2 aromatic rings. The number of Topliss-reactive ketones (excluding diaryl/α,β-unsaturated/α-hetero) is 1. The van der Waals surface area contributed by atoms with Crippen LogP contribution in [0, 0.1) is 0 Å². The van der Waals surface area contributed by atoms with Crippen LogP contribution in [0.3, 0.4) is 0 Å². The van der Waals surface area contributed by atoms with Crippen molar-refractivity contribution in [3.05, 3.63) is 34.9 Å². The van der Waals surface area contributed by atoms with E-state index in [-0.39, 0.29) is 24.3 Å². The number of hydrogen-bond donors (Lipinski definition) is 2. The van der Waals surface area contributed by atoms with Gasteiger partial charge in [0.25, 0.3) is 5.56 Å². The van der Waals surface area contributed by atoms with Gasteiger partial charge in [-0.3, -0.25) is 14.2 Å². The Labute approximate surface area is 168 Å². The van der Waals surface area contributed by atoms with Crippen LogP contribution in [0.2, 0.25) is 0 Å². The Kier molecular flexibility index (Phi) is 5.61. The third-order valence-corrected chi connectivity index (χ3v) is 4.77. The third-order valence-electron chi connectivity index (χ3n) is 4.77. The number of aliphatic hydroxyl groups is 1. The summed E-state index contributed by atoms with van der Waals surface area (Å²) in [5.41, 5.74) is 5.62. The summed E-state index contributed by atoms with van der Waals surface area (Å²) in [4.78, 5) is 43.2. The molecule has 1 amide bonds. The molecule has 3 rings (SSSR count). The van der Waals surface area contributed by atoms with Crippen molar-refractivity contribution < 1.29 is 19.4 Å².